The molecular formula is C13H20FNO2. The van der Waals surface area contributed by atoms with Gasteiger partial charge in [-0.05, 0) is 31.0 Å². The van der Waals surface area contributed by atoms with Gasteiger partial charge in [0.2, 0.25) is 0 Å². The van der Waals surface area contributed by atoms with E-state index in [1.54, 1.807) is 12.1 Å². The third kappa shape index (κ3) is 6.36. The van der Waals surface area contributed by atoms with E-state index < -0.39 is 0 Å². The normalized spacial score (nSPS) is 12.6. The van der Waals surface area contributed by atoms with Gasteiger partial charge in [-0.2, -0.15) is 0 Å². The largest absolute Gasteiger partial charge is 0.394 e. The van der Waals surface area contributed by atoms with Crippen LogP contribution in [0.15, 0.2) is 24.3 Å². The van der Waals surface area contributed by atoms with E-state index in [2.05, 4.69) is 12.2 Å². The van der Waals surface area contributed by atoms with Crippen LogP contribution < -0.4 is 5.32 Å². The fourth-order valence-corrected chi connectivity index (χ4v) is 1.59. The molecule has 0 radical (unpaired) electrons. The molecule has 1 rings (SSSR count). The third-order valence-electron chi connectivity index (χ3n) is 2.43. The Morgan fingerprint density at radius 3 is 2.65 bits per heavy atom. The first kappa shape index (κ1) is 14.1. The summed E-state index contributed by atoms with van der Waals surface area (Å²) < 4.78 is 17.8. The van der Waals surface area contributed by atoms with Gasteiger partial charge in [0, 0.05) is 12.6 Å². The highest BCUT2D eigenvalue weighted by atomic mass is 19.1. The molecule has 1 aromatic rings. The Morgan fingerprint density at radius 1 is 1.29 bits per heavy atom. The van der Waals surface area contributed by atoms with Gasteiger partial charge >= 0.3 is 0 Å². The highest BCUT2D eigenvalue weighted by molar-refractivity contribution is 5.16. The van der Waals surface area contributed by atoms with Crippen molar-refractivity contribution in [3.63, 3.8) is 0 Å². The minimum atomic E-state index is -0.202. The van der Waals surface area contributed by atoms with Gasteiger partial charge in [0.25, 0.3) is 0 Å². The molecule has 17 heavy (non-hydrogen) atoms. The average molecular weight is 241 g/mol. The zero-order valence-corrected chi connectivity index (χ0v) is 10.2. The van der Waals surface area contributed by atoms with E-state index in [1.807, 2.05) is 0 Å². The maximum absolute atomic E-state index is 12.7. The Bertz CT molecular complexity index is 303. The molecule has 0 aromatic heterocycles. The molecular weight excluding hydrogens is 221 g/mol. The van der Waals surface area contributed by atoms with E-state index in [1.165, 1.54) is 12.1 Å². The first-order chi connectivity index (χ1) is 8.22. The lowest BCUT2D eigenvalue weighted by molar-refractivity contribution is 0.0928. The fraction of sp³-hybridized carbons (Fsp3) is 0.538. The molecule has 0 aliphatic carbocycles. The van der Waals surface area contributed by atoms with Crippen LogP contribution in [0.1, 0.15) is 12.5 Å². The SMILES string of the molecule is CC(Cc1ccc(F)cc1)NCCOCCO. The minimum absolute atomic E-state index is 0.0606. The van der Waals surface area contributed by atoms with Gasteiger partial charge in [0.05, 0.1) is 19.8 Å². The molecule has 0 saturated carbocycles. The van der Waals surface area contributed by atoms with Crippen LogP contribution in [0.2, 0.25) is 0 Å². The van der Waals surface area contributed by atoms with Crippen LogP contribution >= 0.6 is 0 Å². The second kappa shape index (κ2) is 8.17. The molecule has 1 atom stereocenters. The van der Waals surface area contributed by atoms with E-state index in [9.17, 15) is 4.39 Å². The molecule has 0 aliphatic rings. The maximum Gasteiger partial charge on any atom is 0.123 e. The van der Waals surface area contributed by atoms with Gasteiger partial charge < -0.3 is 15.2 Å². The molecule has 2 N–H and O–H groups in total. The number of halogens is 1. The van der Waals surface area contributed by atoms with Gasteiger partial charge in [-0.3, -0.25) is 0 Å². The average Bonchev–Trinajstić information content (AvgIpc) is 2.32. The Hall–Kier alpha value is -0.970. The predicted octanol–water partition coefficient (Wildman–Crippen LogP) is 1.36. The number of benzene rings is 1. The minimum Gasteiger partial charge on any atom is -0.394 e. The zero-order chi connectivity index (χ0) is 12.5. The van der Waals surface area contributed by atoms with E-state index in [0.717, 1.165) is 18.5 Å². The topological polar surface area (TPSA) is 41.5 Å². The molecule has 96 valence electrons. The lowest BCUT2D eigenvalue weighted by Crippen LogP contribution is -2.31. The molecule has 0 saturated heterocycles. The number of rotatable bonds is 8. The number of nitrogens with one attached hydrogen (secondary N) is 1. The van der Waals surface area contributed by atoms with Crippen molar-refractivity contribution in [3.8, 4) is 0 Å². The highest BCUT2D eigenvalue weighted by Crippen LogP contribution is 2.05. The van der Waals surface area contributed by atoms with Crippen molar-refractivity contribution < 1.29 is 14.2 Å². The second-order valence-electron chi connectivity index (χ2n) is 4.02. The molecule has 0 aliphatic heterocycles. The van der Waals surface area contributed by atoms with Gasteiger partial charge in [-0.1, -0.05) is 12.1 Å². The van der Waals surface area contributed by atoms with Crippen LogP contribution in [-0.2, 0) is 11.2 Å². The van der Waals surface area contributed by atoms with Crippen molar-refractivity contribution >= 4 is 0 Å². The Labute approximate surface area is 102 Å². The summed E-state index contributed by atoms with van der Waals surface area (Å²) in [6, 6.07) is 6.88. The lowest BCUT2D eigenvalue weighted by atomic mass is 10.1. The summed E-state index contributed by atoms with van der Waals surface area (Å²) in [5.41, 5.74) is 1.11. The highest BCUT2D eigenvalue weighted by Gasteiger charge is 2.02. The molecule has 1 aromatic carbocycles. The van der Waals surface area contributed by atoms with E-state index in [-0.39, 0.29) is 12.4 Å². The van der Waals surface area contributed by atoms with E-state index >= 15 is 0 Å². The molecule has 0 amide bonds. The molecule has 1 unspecified atom stereocenters. The Balaban J connectivity index is 2.16. The van der Waals surface area contributed by atoms with Crippen LogP contribution in [0.25, 0.3) is 0 Å². The Kier molecular flexibility index (Phi) is 6.77. The molecule has 0 bridgehead atoms. The second-order valence-corrected chi connectivity index (χ2v) is 4.02. The van der Waals surface area contributed by atoms with Crippen LogP contribution in [0.5, 0.6) is 0 Å². The number of hydrogen-bond acceptors (Lipinski definition) is 3. The third-order valence-corrected chi connectivity index (χ3v) is 2.43. The molecule has 0 heterocycles. The first-order valence-electron chi connectivity index (χ1n) is 5.89. The number of aliphatic hydroxyl groups excluding tert-OH is 1. The maximum atomic E-state index is 12.7. The van der Waals surface area contributed by atoms with Crippen molar-refractivity contribution in [1.29, 1.82) is 0 Å². The Morgan fingerprint density at radius 2 is 2.00 bits per heavy atom. The molecule has 0 fully saturated rings. The lowest BCUT2D eigenvalue weighted by Gasteiger charge is -2.13. The summed E-state index contributed by atoms with van der Waals surface area (Å²) in [7, 11) is 0. The van der Waals surface area contributed by atoms with Gasteiger partial charge in [-0.15, -0.1) is 0 Å². The van der Waals surface area contributed by atoms with Gasteiger partial charge in [0.15, 0.2) is 0 Å². The molecule has 0 spiro atoms. The van der Waals surface area contributed by atoms with E-state index in [0.29, 0.717) is 19.3 Å². The summed E-state index contributed by atoms with van der Waals surface area (Å²) in [5, 5.41) is 11.8. The summed E-state index contributed by atoms with van der Waals surface area (Å²) in [5.74, 6) is -0.202. The quantitative estimate of drug-likeness (QED) is 0.675. The monoisotopic (exact) mass is 241 g/mol. The predicted molar refractivity (Wildman–Crippen MR) is 65.5 cm³/mol. The van der Waals surface area contributed by atoms with Crippen LogP contribution in [0, 0.1) is 5.82 Å². The van der Waals surface area contributed by atoms with Crippen LogP contribution in [0.3, 0.4) is 0 Å². The van der Waals surface area contributed by atoms with Crippen LogP contribution in [-0.4, -0.2) is 37.5 Å². The van der Waals surface area contributed by atoms with Crippen LogP contribution in [0.4, 0.5) is 4.39 Å². The first-order valence-corrected chi connectivity index (χ1v) is 5.89. The molecule has 3 nitrogen and oxygen atoms in total. The van der Waals surface area contributed by atoms with Crippen molar-refractivity contribution in [1.82, 2.24) is 5.32 Å². The van der Waals surface area contributed by atoms with Gasteiger partial charge in [-0.25, -0.2) is 4.39 Å². The van der Waals surface area contributed by atoms with E-state index in [4.69, 9.17) is 9.84 Å². The van der Waals surface area contributed by atoms with Crippen molar-refractivity contribution in [2.24, 2.45) is 0 Å². The fourth-order valence-electron chi connectivity index (χ4n) is 1.59. The van der Waals surface area contributed by atoms with Crippen molar-refractivity contribution in [2.75, 3.05) is 26.4 Å². The summed E-state index contributed by atoms with van der Waals surface area (Å²) in [4.78, 5) is 0. The summed E-state index contributed by atoms with van der Waals surface area (Å²) >= 11 is 0. The molecule has 4 heteroatoms. The number of ether oxygens (including phenoxy) is 1. The summed E-state index contributed by atoms with van der Waals surface area (Å²) in [6.07, 6.45) is 0.861. The van der Waals surface area contributed by atoms with Gasteiger partial charge in [0.1, 0.15) is 5.82 Å². The smallest absolute Gasteiger partial charge is 0.123 e. The summed E-state index contributed by atoms with van der Waals surface area (Å²) in [6.45, 7) is 3.87. The number of hydrogen-bond donors (Lipinski definition) is 2. The van der Waals surface area contributed by atoms with Crippen molar-refractivity contribution in [2.45, 2.75) is 19.4 Å². The standard InChI is InChI=1S/C13H20FNO2/c1-11(15-6-8-17-9-7-16)10-12-2-4-13(14)5-3-12/h2-5,11,15-16H,6-10H2,1H3. The van der Waals surface area contributed by atoms with Crippen molar-refractivity contribution in [3.05, 3.63) is 35.6 Å². The number of aliphatic hydroxyl groups is 1. The zero-order valence-electron chi connectivity index (χ0n) is 10.2.